The predicted octanol–water partition coefficient (Wildman–Crippen LogP) is 2.89. The first-order valence-corrected chi connectivity index (χ1v) is 9.29. The average molecular weight is 376 g/mol. The zero-order chi connectivity index (χ0) is 19.8. The molecule has 2 amide bonds. The molecule has 0 saturated heterocycles. The molecule has 2 aromatic rings. The van der Waals surface area contributed by atoms with E-state index >= 15 is 0 Å². The van der Waals surface area contributed by atoms with Crippen LogP contribution in [0.2, 0.25) is 0 Å². The highest BCUT2D eigenvalue weighted by atomic mass is 16.2. The first-order chi connectivity index (χ1) is 13.4. The second-order valence-electron chi connectivity index (χ2n) is 7.31. The van der Waals surface area contributed by atoms with E-state index in [-0.39, 0.29) is 29.8 Å². The molecule has 1 unspecified atom stereocenters. The van der Waals surface area contributed by atoms with Crippen LogP contribution in [0.3, 0.4) is 0 Å². The number of aryl methyl sites for hydroxylation is 1. The van der Waals surface area contributed by atoms with Gasteiger partial charge in [-0.25, -0.2) is 0 Å². The summed E-state index contributed by atoms with van der Waals surface area (Å²) in [6, 6.07) is 11.9. The summed E-state index contributed by atoms with van der Waals surface area (Å²) in [7, 11) is 0. The van der Waals surface area contributed by atoms with Crippen molar-refractivity contribution < 1.29 is 19.2 Å². The highest BCUT2D eigenvalue weighted by Crippen LogP contribution is 2.32. The first-order valence-electron chi connectivity index (χ1n) is 9.29. The SMILES string of the molecule is Cc1cc2c(cc1NC(=O)c1ccccc1)CN(C1CCC(=O)CC1=O)C2=O. The van der Waals surface area contributed by atoms with Gasteiger partial charge in [-0.2, -0.15) is 0 Å². The van der Waals surface area contributed by atoms with Crippen molar-refractivity contribution >= 4 is 29.1 Å². The van der Waals surface area contributed by atoms with Crippen molar-refractivity contribution in [3.8, 4) is 0 Å². The van der Waals surface area contributed by atoms with Crippen LogP contribution in [-0.4, -0.2) is 34.3 Å². The summed E-state index contributed by atoms with van der Waals surface area (Å²) in [5.74, 6) is -0.656. The number of nitrogens with zero attached hydrogens (tertiary/aromatic N) is 1. The number of anilines is 1. The summed E-state index contributed by atoms with van der Waals surface area (Å²) >= 11 is 0. The van der Waals surface area contributed by atoms with Gasteiger partial charge in [0.25, 0.3) is 11.8 Å². The molecule has 0 radical (unpaired) electrons. The Morgan fingerprint density at radius 3 is 2.57 bits per heavy atom. The average Bonchev–Trinajstić information content (AvgIpc) is 2.98. The topological polar surface area (TPSA) is 83.6 Å². The van der Waals surface area contributed by atoms with Crippen molar-refractivity contribution in [1.82, 2.24) is 4.90 Å². The maximum absolute atomic E-state index is 12.8. The molecular weight excluding hydrogens is 356 g/mol. The lowest BCUT2D eigenvalue weighted by Crippen LogP contribution is -2.44. The van der Waals surface area contributed by atoms with Crippen LogP contribution >= 0.6 is 0 Å². The molecule has 142 valence electrons. The third-order valence-electron chi connectivity index (χ3n) is 5.38. The number of benzene rings is 2. The van der Waals surface area contributed by atoms with Gasteiger partial charge in [-0.1, -0.05) is 18.2 Å². The van der Waals surface area contributed by atoms with E-state index in [0.29, 0.717) is 36.2 Å². The Bertz CT molecular complexity index is 997. The van der Waals surface area contributed by atoms with E-state index in [2.05, 4.69) is 5.32 Å². The number of hydrogen-bond acceptors (Lipinski definition) is 4. The lowest BCUT2D eigenvalue weighted by Gasteiger charge is -2.29. The molecule has 1 N–H and O–H groups in total. The van der Waals surface area contributed by atoms with Gasteiger partial charge in [-0.3, -0.25) is 19.2 Å². The van der Waals surface area contributed by atoms with Crippen molar-refractivity contribution in [2.45, 2.75) is 38.8 Å². The lowest BCUT2D eigenvalue weighted by molar-refractivity contribution is -0.133. The Hall–Kier alpha value is -3.28. The molecule has 1 atom stereocenters. The van der Waals surface area contributed by atoms with Crippen LogP contribution in [0.25, 0.3) is 0 Å². The molecule has 28 heavy (non-hydrogen) atoms. The summed E-state index contributed by atoms with van der Waals surface area (Å²) in [6.45, 7) is 2.15. The molecule has 1 aliphatic heterocycles. The number of carbonyl (C=O) groups is 4. The van der Waals surface area contributed by atoms with Gasteiger partial charge in [0.05, 0.1) is 12.5 Å². The molecule has 1 fully saturated rings. The highest BCUT2D eigenvalue weighted by molar-refractivity contribution is 6.08. The zero-order valence-electron chi connectivity index (χ0n) is 15.5. The zero-order valence-corrected chi connectivity index (χ0v) is 15.5. The van der Waals surface area contributed by atoms with Crippen LogP contribution in [-0.2, 0) is 16.1 Å². The van der Waals surface area contributed by atoms with Crippen molar-refractivity contribution in [3.63, 3.8) is 0 Å². The number of fused-ring (bicyclic) bond motifs is 1. The molecule has 6 heteroatoms. The third kappa shape index (κ3) is 3.22. The molecule has 2 aliphatic rings. The van der Waals surface area contributed by atoms with Crippen molar-refractivity contribution in [3.05, 3.63) is 64.7 Å². The summed E-state index contributed by atoms with van der Waals surface area (Å²) in [6.07, 6.45) is 0.615. The third-order valence-corrected chi connectivity index (χ3v) is 5.38. The molecule has 0 aromatic heterocycles. The van der Waals surface area contributed by atoms with Gasteiger partial charge in [0.2, 0.25) is 0 Å². The molecular formula is C22H20N2O4. The quantitative estimate of drug-likeness (QED) is 0.835. The minimum atomic E-state index is -0.541. The molecule has 1 heterocycles. The molecule has 2 aromatic carbocycles. The van der Waals surface area contributed by atoms with Crippen LogP contribution in [0.5, 0.6) is 0 Å². The van der Waals surface area contributed by atoms with Crippen molar-refractivity contribution in [2.75, 3.05) is 5.32 Å². The van der Waals surface area contributed by atoms with Gasteiger partial charge in [0.15, 0.2) is 5.78 Å². The Kier molecular flexibility index (Phi) is 4.55. The van der Waals surface area contributed by atoms with Gasteiger partial charge in [-0.15, -0.1) is 0 Å². The summed E-state index contributed by atoms with van der Waals surface area (Å²) in [5, 5.41) is 2.90. The van der Waals surface area contributed by atoms with Gasteiger partial charge in [0, 0.05) is 29.8 Å². The Labute approximate surface area is 162 Å². The predicted molar refractivity (Wildman–Crippen MR) is 103 cm³/mol. The summed E-state index contributed by atoms with van der Waals surface area (Å²) in [5.41, 5.74) is 3.32. The number of Topliss-reactive ketones (excluding diaryl/α,β-unsaturated/α-hetero) is 2. The van der Waals surface area contributed by atoms with Crippen molar-refractivity contribution in [2.24, 2.45) is 0 Å². The van der Waals surface area contributed by atoms with Gasteiger partial charge in [-0.05, 0) is 48.7 Å². The largest absolute Gasteiger partial charge is 0.324 e. The van der Waals surface area contributed by atoms with Crippen LogP contribution in [0.1, 0.15) is 51.1 Å². The number of ketones is 2. The van der Waals surface area contributed by atoms with Crippen LogP contribution < -0.4 is 5.32 Å². The fourth-order valence-electron chi connectivity index (χ4n) is 3.85. The first kappa shape index (κ1) is 18.1. The Morgan fingerprint density at radius 1 is 1.11 bits per heavy atom. The van der Waals surface area contributed by atoms with E-state index in [4.69, 9.17) is 0 Å². The highest BCUT2D eigenvalue weighted by Gasteiger charge is 2.39. The maximum Gasteiger partial charge on any atom is 0.255 e. The molecule has 0 spiro atoms. The van der Waals surface area contributed by atoms with E-state index in [9.17, 15) is 19.2 Å². The molecule has 4 rings (SSSR count). The number of hydrogen-bond donors (Lipinski definition) is 1. The molecule has 6 nitrogen and oxygen atoms in total. The second kappa shape index (κ2) is 7.03. The fraction of sp³-hybridized carbons (Fsp3) is 0.273. The summed E-state index contributed by atoms with van der Waals surface area (Å²) < 4.78 is 0. The maximum atomic E-state index is 12.8. The molecule has 0 bridgehead atoms. The monoisotopic (exact) mass is 376 g/mol. The number of carbonyl (C=O) groups excluding carboxylic acids is 4. The van der Waals surface area contributed by atoms with E-state index in [1.165, 1.54) is 0 Å². The van der Waals surface area contributed by atoms with E-state index in [1.54, 1.807) is 35.2 Å². The summed E-state index contributed by atoms with van der Waals surface area (Å²) in [4.78, 5) is 50.6. The standard InChI is InChI=1S/C22H20N2O4/c1-13-9-17-15(10-18(13)23-21(27)14-5-3-2-4-6-14)12-24(22(17)28)19-8-7-16(25)11-20(19)26/h2-6,9-10,19H,7-8,11-12H2,1H3,(H,23,27). The van der Waals surface area contributed by atoms with Gasteiger partial charge < -0.3 is 10.2 Å². The molecule has 1 saturated carbocycles. The van der Waals surface area contributed by atoms with E-state index in [0.717, 1.165) is 11.1 Å². The van der Waals surface area contributed by atoms with Gasteiger partial charge in [0.1, 0.15) is 5.78 Å². The van der Waals surface area contributed by atoms with E-state index < -0.39 is 6.04 Å². The number of rotatable bonds is 3. The van der Waals surface area contributed by atoms with Crippen molar-refractivity contribution in [1.29, 1.82) is 0 Å². The molecule has 1 aliphatic carbocycles. The number of nitrogens with one attached hydrogen (secondary N) is 1. The normalized spacial score (nSPS) is 19.0. The van der Waals surface area contributed by atoms with Crippen LogP contribution in [0.4, 0.5) is 5.69 Å². The van der Waals surface area contributed by atoms with Gasteiger partial charge >= 0.3 is 0 Å². The Balaban J connectivity index is 1.57. The van der Waals surface area contributed by atoms with E-state index in [1.807, 2.05) is 19.1 Å². The van der Waals surface area contributed by atoms with Crippen LogP contribution in [0, 0.1) is 6.92 Å². The fourth-order valence-corrected chi connectivity index (χ4v) is 3.85. The smallest absolute Gasteiger partial charge is 0.255 e. The minimum Gasteiger partial charge on any atom is -0.324 e. The Morgan fingerprint density at radius 2 is 1.86 bits per heavy atom. The second-order valence-corrected chi connectivity index (χ2v) is 7.31. The lowest BCUT2D eigenvalue weighted by atomic mass is 9.92. The van der Waals surface area contributed by atoms with Crippen LogP contribution in [0.15, 0.2) is 42.5 Å². The minimum absolute atomic E-state index is 0.0628. The number of amides is 2.